The molecule has 38 heavy (non-hydrogen) atoms. The lowest BCUT2D eigenvalue weighted by molar-refractivity contribution is -0.00309. The fourth-order valence-electron chi connectivity index (χ4n) is 4.44. The highest BCUT2D eigenvalue weighted by atomic mass is 32.2. The molecule has 0 radical (unpaired) electrons. The highest BCUT2D eigenvalue weighted by molar-refractivity contribution is 7.98. The first-order chi connectivity index (χ1) is 17.8. The van der Waals surface area contributed by atoms with Gasteiger partial charge in [0.25, 0.3) is 0 Å². The van der Waals surface area contributed by atoms with E-state index in [1.165, 1.54) is 24.9 Å². The summed E-state index contributed by atoms with van der Waals surface area (Å²) in [5.41, 5.74) is 1.94. The van der Waals surface area contributed by atoms with Crippen LogP contribution < -0.4 is 4.74 Å². The molecule has 1 aliphatic heterocycles. The van der Waals surface area contributed by atoms with E-state index in [0.29, 0.717) is 43.1 Å². The molecular weight excluding hydrogens is 507 g/mol. The molecule has 1 heterocycles. The van der Waals surface area contributed by atoms with Crippen molar-refractivity contribution in [2.75, 3.05) is 39.5 Å². The average molecular weight is 547 g/mol. The molecule has 208 valence electrons. The molecule has 0 N–H and O–H groups in total. The molecule has 2 atom stereocenters. The summed E-state index contributed by atoms with van der Waals surface area (Å²) in [6, 6.07) is 8.71. The minimum absolute atomic E-state index is 0.0580. The first kappa shape index (κ1) is 29.8. The molecule has 0 bridgehead atoms. The molecule has 9 heteroatoms. The summed E-state index contributed by atoms with van der Waals surface area (Å²) in [5.74, 6) is -0.0750. The summed E-state index contributed by atoms with van der Waals surface area (Å²) in [4.78, 5) is 29.6. The van der Waals surface area contributed by atoms with Crippen molar-refractivity contribution in [3.8, 4) is 5.75 Å². The van der Waals surface area contributed by atoms with Gasteiger partial charge in [0.15, 0.2) is 0 Å². The maximum absolute atomic E-state index is 14.6. The Bertz CT molecular complexity index is 1170. The zero-order valence-electron chi connectivity index (χ0n) is 23.6. The molecule has 1 fully saturated rings. The van der Waals surface area contributed by atoms with Gasteiger partial charge < -0.3 is 19.1 Å². The number of nitrogens with zero attached hydrogens (tertiary/aromatic N) is 2. The Morgan fingerprint density at radius 2 is 1.84 bits per heavy atom. The second-order valence-corrected chi connectivity index (χ2v) is 11.6. The third-order valence-corrected chi connectivity index (χ3v) is 7.28. The summed E-state index contributed by atoms with van der Waals surface area (Å²) in [6.45, 7) is 13.4. The normalized spacial score (nSPS) is 17.2. The molecule has 2 aromatic rings. The molecule has 0 unspecified atom stereocenters. The van der Waals surface area contributed by atoms with E-state index in [2.05, 4.69) is 4.90 Å². The van der Waals surface area contributed by atoms with Crippen LogP contribution in [0.25, 0.3) is 0 Å². The van der Waals surface area contributed by atoms with Crippen LogP contribution in [0.5, 0.6) is 5.75 Å². The Morgan fingerprint density at radius 3 is 2.42 bits per heavy atom. The van der Waals surface area contributed by atoms with Gasteiger partial charge in [0.2, 0.25) is 0 Å². The van der Waals surface area contributed by atoms with Gasteiger partial charge in [-0.1, -0.05) is 12.1 Å². The molecule has 0 aromatic heterocycles. The second-order valence-electron chi connectivity index (χ2n) is 10.7. The lowest BCUT2D eigenvalue weighted by atomic mass is 10.0. The van der Waals surface area contributed by atoms with E-state index in [9.17, 15) is 14.0 Å². The lowest BCUT2D eigenvalue weighted by Gasteiger charge is -2.41. The Labute approximate surface area is 229 Å². The van der Waals surface area contributed by atoms with Crippen LogP contribution in [0.1, 0.15) is 60.8 Å². The van der Waals surface area contributed by atoms with Gasteiger partial charge >= 0.3 is 12.1 Å². The first-order valence-electron chi connectivity index (χ1n) is 12.7. The smallest absolute Gasteiger partial charge is 0.410 e. The van der Waals surface area contributed by atoms with Crippen LogP contribution in [0.3, 0.4) is 0 Å². The SMILES string of the molecule is COC(=O)c1cc(SC)c(O[C@H](CN2CCN(C(=O)OC(C)(C)C)[C@H](C)C2)c2ccc(C)c(F)c2)cc1C. The van der Waals surface area contributed by atoms with Crippen LogP contribution >= 0.6 is 11.8 Å². The van der Waals surface area contributed by atoms with Crippen LogP contribution in [-0.4, -0.2) is 73.0 Å². The Balaban J connectivity index is 1.86. The third-order valence-electron chi connectivity index (χ3n) is 6.52. The van der Waals surface area contributed by atoms with E-state index >= 15 is 0 Å². The molecule has 2 aromatic carbocycles. The predicted octanol–water partition coefficient (Wildman–Crippen LogP) is 6.01. The Hall–Kier alpha value is -2.78. The van der Waals surface area contributed by atoms with Crippen molar-refractivity contribution < 1.29 is 28.2 Å². The number of hydrogen-bond donors (Lipinski definition) is 0. The summed E-state index contributed by atoms with van der Waals surface area (Å²) in [5, 5.41) is 0. The number of methoxy groups -OCH3 is 1. The number of thioether (sulfide) groups is 1. The van der Waals surface area contributed by atoms with Gasteiger partial charge in [0.05, 0.1) is 17.6 Å². The topological polar surface area (TPSA) is 68.3 Å². The third kappa shape index (κ3) is 7.41. The van der Waals surface area contributed by atoms with Gasteiger partial charge in [-0.3, -0.25) is 4.90 Å². The van der Waals surface area contributed by atoms with Crippen LogP contribution in [0.2, 0.25) is 0 Å². The highest BCUT2D eigenvalue weighted by Gasteiger charge is 2.32. The standard InChI is InChI=1S/C29H39FN2O5S/c1-18-9-10-21(14-23(18)30)25(36-24-13-19(2)22(27(33)35-7)15-26(24)38-8)17-31-11-12-32(20(3)16-31)28(34)37-29(4,5)6/h9-10,13-15,20,25H,11-12,16-17H2,1-8H3/t20-,25-/m1/s1. The van der Waals surface area contributed by atoms with Crippen molar-refractivity contribution in [1.29, 1.82) is 0 Å². The molecule has 1 amide bonds. The van der Waals surface area contributed by atoms with E-state index < -0.39 is 17.7 Å². The van der Waals surface area contributed by atoms with E-state index in [0.717, 1.165) is 16.0 Å². The second kappa shape index (κ2) is 12.4. The number of rotatable bonds is 7. The van der Waals surface area contributed by atoms with Gasteiger partial charge in [-0.25, -0.2) is 14.0 Å². The van der Waals surface area contributed by atoms with E-state index in [1.807, 2.05) is 53.0 Å². The lowest BCUT2D eigenvalue weighted by Crippen LogP contribution is -2.55. The van der Waals surface area contributed by atoms with Gasteiger partial charge in [-0.15, -0.1) is 11.8 Å². The van der Waals surface area contributed by atoms with E-state index in [-0.39, 0.29) is 18.0 Å². The fraction of sp³-hybridized carbons (Fsp3) is 0.517. The van der Waals surface area contributed by atoms with Crippen molar-refractivity contribution >= 4 is 23.8 Å². The maximum Gasteiger partial charge on any atom is 0.410 e. The van der Waals surface area contributed by atoms with Crippen molar-refractivity contribution in [3.63, 3.8) is 0 Å². The van der Waals surface area contributed by atoms with E-state index in [1.54, 1.807) is 24.0 Å². The van der Waals surface area contributed by atoms with Crippen LogP contribution in [0, 0.1) is 19.7 Å². The van der Waals surface area contributed by atoms with Crippen LogP contribution in [0.15, 0.2) is 35.2 Å². The molecule has 1 saturated heterocycles. The molecule has 0 spiro atoms. The number of benzene rings is 2. The quantitative estimate of drug-likeness (QED) is 0.311. The summed E-state index contributed by atoms with van der Waals surface area (Å²) >= 11 is 1.46. The van der Waals surface area contributed by atoms with Crippen molar-refractivity contribution in [3.05, 3.63) is 58.4 Å². The number of carbonyl (C=O) groups is 2. The minimum Gasteiger partial charge on any atom is -0.483 e. The number of hydrogen-bond acceptors (Lipinski definition) is 7. The Kier molecular flexibility index (Phi) is 9.70. The summed E-state index contributed by atoms with van der Waals surface area (Å²) < 4.78 is 31.7. The van der Waals surface area contributed by atoms with Crippen molar-refractivity contribution in [2.45, 2.75) is 64.2 Å². The van der Waals surface area contributed by atoms with E-state index in [4.69, 9.17) is 14.2 Å². The molecule has 3 rings (SSSR count). The first-order valence-corrected chi connectivity index (χ1v) is 14.0. The van der Waals surface area contributed by atoms with Gasteiger partial charge in [0, 0.05) is 32.2 Å². The van der Waals surface area contributed by atoms with Gasteiger partial charge in [-0.05, 0) is 82.7 Å². The van der Waals surface area contributed by atoms with Crippen LogP contribution in [-0.2, 0) is 9.47 Å². The van der Waals surface area contributed by atoms with Crippen molar-refractivity contribution in [2.24, 2.45) is 0 Å². The van der Waals surface area contributed by atoms with Gasteiger partial charge in [-0.2, -0.15) is 0 Å². The number of esters is 1. The zero-order chi connectivity index (χ0) is 28.2. The number of aryl methyl sites for hydroxylation is 2. The maximum atomic E-state index is 14.6. The summed E-state index contributed by atoms with van der Waals surface area (Å²) in [7, 11) is 1.36. The predicted molar refractivity (Wildman–Crippen MR) is 148 cm³/mol. The number of carbonyl (C=O) groups excluding carboxylic acids is 2. The fourth-order valence-corrected chi connectivity index (χ4v) is 4.99. The number of ether oxygens (including phenoxy) is 3. The zero-order valence-corrected chi connectivity index (χ0v) is 24.4. The number of halogens is 1. The largest absolute Gasteiger partial charge is 0.483 e. The molecule has 0 aliphatic carbocycles. The number of piperazine rings is 1. The Morgan fingerprint density at radius 1 is 1.13 bits per heavy atom. The molecule has 0 saturated carbocycles. The van der Waals surface area contributed by atoms with Crippen LogP contribution in [0.4, 0.5) is 9.18 Å². The van der Waals surface area contributed by atoms with Gasteiger partial charge in [0.1, 0.15) is 23.3 Å². The number of amides is 1. The minimum atomic E-state index is -0.557. The summed E-state index contributed by atoms with van der Waals surface area (Å²) in [6.07, 6.45) is 1.12. The average Bonchev–Trinajstić information content (AvgIpc) is 2.84. The highest BCUT2D eigenvalue weighted by Crippen LogP contribution is 2.35. The molecule has 7 nitrogen and oxygen atoms in total. The van der Waals surface area contributed by atoms with Crippen molar-refractivity contribution in [1.82, 2.24) is 9.80 Å². The molecule has 1 aliphatic rings. The molecular formula is C29H39FN2O5S. The monoisotopic (exact) mass is 546 g/mol.